The van der Waals surface area contributed by atoms with E-state index in [0.29, 0.717) is 10.2 Å². The minimum absolute atomic E-state index is 0.124. The maximum Gasteiger partial charge on any atom is 0.412 e. The molecule has 0 unspecified atom stereocenters. The molecule has 2 aromatic rings. The Hall–Kier alpha value is -2.49. The van der Waals surface area contributed by atoms with Crippen LogP contribution in [0, 0.1) is 0 Å². The number of aromatic hydroxyl groups is 1. The second kappa shape index (κ2) is 10.9. The van der Waals surface area contributed by atoms with Gasteiger partial charge >= 0.3 is 12.1 Å². The van der Waals surface area contributed by atoms with Crippen molar-refractivity contribution in [1.29, 1.82) is 0 Å². The SMILES string of the molecule is CO[C@H](/C=C/C(=O)O)[C@H](OC(=O)Nc1ccc(SC)cc1)c1cc(Br)ccc1O. The molecule has 2 rings (SSSR count). The highest BCUT2D eigenvalue weighted by atomic mass is 79.9. The fraction of sp³-hybridized carbons (Fsp3) is 0.200. The molecular formula is C20H20BrNO6S. The molecule has 29 heavy (non-hydrogen) atoms. The van der Waals surface area contributed by atoms with Gasteiger partial charge in [-0.1, -0.05) is 15.9 Å². The minimum atomic E-state index is -1.18. The quantitative estimate of drug-likeness (QED) is 0.366. The second-order valence-corrected chi connectivity index (χ2v) is 7.58. The second-order valence-electron chi connectivity index (χ2n) is 5.78. The average molecular weight is 482 g/mol. The molecule has 2 atom stereocenters. The first-order chi connectivity index (χ1) is 13.8. The normalized spacial score (nSPS) is 13.1. The molecule has 0 saturated carbocycles. The summed E-state index contributed by atoms with van der Waals surface area (Å²) in [5, 5.41) is 21.8. The number of carboxylic acids is 1. The van der Waals surface area contributed by atoms with Crippen molar-refractivity contribution in [2.45, 2.75) is 17.1 Å². The summed E-state index contributed by atoms with van der Waals surface area (Å²) in [6, 6.07) is 11.8. The van der Waals surface area contributed by atoms with Gasteiger partial charge in [0.15, 0.2) is 6.10 Å². The van der Waals surface area contributed by atoms with Gasteiger partial charge in [-0.3, -0.25) is 5.32 Å². The Balaban J connectivity index is 2.29. The van der Waals surface area contributed by atoms with Gasteiger partial charge in [0.25, 0.3) is 0 Å². The van der Waals surface area contributed by atoms with Crippen LogP contribution >= 0.6 is 27.7 Å². The van der Waals surface area contributed by atoms with Crippen molar-refractivity contribution in [3.8, 4) is 5.75 Å². The van der Waals surface area contributed by atoms with Gasteiger partial charge in [0.1, 0.15) is 11.9 Å². The molecule has 0 aromatic heterocycles. The van der Waals surface area contributed by atoms with Crippen LogP contribution in [0.1, 0.15) is 11.7 Å². The maximum atomic E-state index is 12.5. The smallest absolute Gasteiger partial charge is 0.412 e. The number of carboxylic acid groups (broad SMARTS) is 1. The summed E-state index contributed by atoms with van der Waals surface area (Å²) in [5.74, 6) is -1.30. The standard InChI is InChI=1S/C20H20BrNO6S/c1-27-17(9-10-18(24)25)19(15-11-12(21)3-8-16(15)23)28-20(26)22-13-4-6-14(29-2)7-5-13/h3-11,17,19,23H,1-2H3,(H,22,26)(H,24,25)/b10-9+/t17-,19-/m1/s1. The van der Waals surface area contributed by atoms with Gasteiger partial charge in [-0.25, -0.2) is 9.59 Å². The number of methoxy groups -OCH3 is 1. The molecule has 1 amide bonds. The van der Waals surface area contributed by atoms with Gasteiger partial charge in [0.05, 0.1) is 0 Å². The number of aliphatic carboxylic acids is 1. The van der Waals surface area contributed by atoms with Crippen molar-refractivity contribution in [3.63, 3.8) is 0 Å². The summed E-state index contributed by atoms with van der Waals surface area (Å²) in [6.45, 7) is 0. The molecule has 9 heteroatoms. The van der Waals surface area contributed by atoms with E-state index in [1.807, 2.05) is 18.4 Å². The predicted octanol–water partition coefficient (Wildman–Crippen LogP) is 4.82. The molecule has 2 aromatic carbocycles. The maximum absolute atomic E-state index is 12.5. The van der Waals surface area contributed by atoms with Crippen LogP contribution in [0.4, 0.5) is 10.5 Å². The van der Waals surface area contributed by atoms with Crippen molar-refractivity contribution < 1.29 is 29.3 Å². The summed E-state index contributed by atoms with van der Waals surface area (Å²) in [4.78, 5) is 24.4. The number of rotatable bonds is 8. The Morgan fingerprint density at radius 1 is 1.21 bits per heavy atom. The lowest BCUT2D eigenvalue weighted by Gasteiger charge is -2.25. The Morgan fingerprint density at radius 2 is 1.90 bits per heavy atom. The number of halogens is 1. The van der Waals surface area contributed by atoms with Crippen LogP contribution in [0.2, 0.25) is 0 Å². The zero-order valence-corrected chi connectivity index (χ0v) is 18.1. The van der Waals surface area contributed by atoms with Crippen molar-refractivity contribution in [2.24, 2.45) is 0 Å². The number of nitrogens with one attached hydrogen (secondary N) is 1. The van der Waals surface area contributed by atoms with E-state index in [1.54, 1.807) is 36.0 Å². The number of carbonyl (C=O) groups is 2. The lowest BCUT2D eigenvalue weighted by molar-refractivity contribution is -0.131. The highest BCUT2D eigenvalue weighted by Crippen LogP contribution is 2.34. The molecule has 0 heterocycles. The van der Waals surface area contributed by atoms with E-state index in [2.05, 4.69) is 21.2 Å². The van der Waals surface area contributed by atoms with Crippen LogP contribution in [0.25, 0.3) is 0 Å². The zero-order valence-electron chi connectivity index (χ0n) is 15.7. The van der Waals surface area contributed by atoms with Crippen LogP contribution in [0.3, 0.4) is 0 Å². The molecule has 0 bridgehead atoms. The third-order valence-corrected chi connectivity index (χ3v) is 5.10. The van der Waals surface area contributed by atoms with Crippen molar-refractivity contribution in [1.82, 2.24) is 0 Å². The van der Waals surface area contributed by atoms with Crippen molar-refractivity contribution in [3.05, 3.63) is 64.7 Å². The molecule has 0 spiro atoms. The van der Waals surface area contributed by atoms with E-state index in [9.17, 15) is 14.7 Å². The number of phenolic OH excluding ortho intramolecular Hbond substituents is 1. The van der Waals surface area contributed by atoms with Gasteiger partial charge in [0.2, 0.25) is 0 Å². The van der Waals surface area contributed by atoms with Crippen molar-refractivity contribution in [2.75, 3.05) is 18.7 Å². The third-order valence-electron chi connectivity index (χ3n) is 3.87. The molecule has 0 aliphatic rings. The van der Waals surface area contributed by atoms with Crippen LogP contribution in [-0.4, -0.2) is 41.7 Å². The summed E-state index contributed by atoms with van der Waals surface area (Å²) >= 11 is 4.88. The van der Waals surface area contributed by atoms with Gasteiger partial charge in [-0.15, -0.1) is 11.8 Å². The number of hydrogen-bond acceptors (Lipinski definition) is 6. The number of hydrogen-bond donors (Lipinski definition) is 3. The molecule has 154 valence electrons. The topological polar surface area (TPSA) is 105 Å². The number of carbonyl (C=O) groups excluding carboxylic acids is 1. The van der Waals surface area contributed by atoms with Crippen LogP contribution < -0.4 is 5.32 Å². The van der Waals surface area contributed by atoms with E-state index < -0.39 is 24.3 Å². The van der Waals surface area contributed by atoms with Gasteiger partial charge in [-0.2, -0.15) is 0 Å². The number of benzene rings is 2. The average Bonchev–Trinajstić information content (AvgIpc) is 2.69. The fourth-order valence-corrected chi connectivity index (χ4v) is 3.27. The van der Waals surface area contributed by atoms with Crippen LogP contribution in [-0.2, 0) is 14.3 Å². The van der Waals surface area contributed by atoms with Crippen molar-refractivity contribution >= 4 is 45.4 Å². The molecule has 0 aliphatic carbocycles. The fourth-order valence-electron chi connectivity index (χ4n) is 2.48. The lowest BCUT2D eigenvalue weighted by atomic mass is 10.0. The number of amides is 1. The Kier molecular flexibility index (Phi) is 8.56. The van der Waals surface area contributed by atoms with E-state index in [0.717, 1.165) is 11.0 Å². The first-order valence-corrected chi connectivity index (χ1v) is 10.4. The number of ether oxygens (including phenoxy) is 2. The lowest BCUT2D eigenvalue weighted by Crippen LogP contribution is -2.27. The van der Waals surface area contributed by atoms with Gasteiger partial charge < -0.3 is 19.7 Å². The van der Waals surface area contributed by atoms with E-state index in [4.69, 9.17) is 14.6 Å². The number of anilines is 1. The third kappa shape index (κ3) is 6.81. The van der Waals surface area contributed by atoms with E-state index >= 15 is 0 Å². The minimum Gasteiger partial charge on any atom is -0.508 e. The first kappa shape index (κ1) is 22.8. The summed E-state index contributed by atoms with van der Waals surface area (Å²) in [6.07, 6.45) is 1.25. The molecular weight excluding hydrogens is 462 g/mol. The monoisotopic (exact) mass is 481 g/mol. The summed E-state index contributed by atoms with van der Waals surface area (Å²) in [5.41, 5.74) is 0.786. The predicted molar refractivity (Wildman–Crippen MR) is 114 cm³/mol. The largest absolute Gasteiger partial charge is 0.508 e. The van der Waals surface area contributed by atoms with Gasteiger partial charge in [0, 0.05) is 33.8 Å². The van der Waals surface area contributed by atoms with Crippen LogP contribution in [0.15, 0.2) is 64.0 Å². The molecule has 0 saturated heterocycles. The molecule has 7 nitrogen and oxygen atoms in total. The molecule has 0 radical (unpaired) electrons. The van der Waals surface area contributed by atoms with Crippen LogP contribution in [0.5, 0.6) is 5.75 Å². The highest BCUT2D eigenvalue weighted by molar-refractivity contribution is 9.10. The summed E-state index contributed by atoms with van der Waals surface area (Å²) < 4.78 is 11.5. The molecule has 3 N–H and O–H groups in total. The van der Waals surface area contributed by atoms with E-state index in [-0.39, 0.29) is 11.3 Å². The number of phenols is 1. The van der Waals surface area contributed by atoms with Gasteiger partial charge in [-0.05, 0) is 54.8 Å². The Labute approximate surface area is 180 Å². The zero-order chi connectivity index (χ0) is 21.4. The Bertz CT molecular complexity index is 887. The highest BCUT2D eigenvalue weighted by Gasteiger charge is 2.28. The Morgan fingerprint density at radius 3 is 2.48 bits per heavy atom. The molecule has 0 aliphatic heterocycles. The first-order valence-electron chi connectivity index (χ1n) is 8.38. The molecule has 0 fully saturated rings. The summed E-state index contributed by atoms with van der Waals surface area (Å²) in [7, 11) is 1.35. The van der Waals surface area contributed by atoms with E-state index in [1.165, 1.54) is 19.3 Å². The number of thioether (sulfide) groups is 1.